The number of tetrazole rings is 1. The predicted octanol–water partition coefficient (Wildman–Crippen LogP) is -1.85. The van der Waals surface area contributed by atoms with Gasteiger partial charge in [0.15, 0.2) is 12.3 Å². The number of aliphatic hydroxyl groups excluding tert-OH is 2. The van der Waals surface area contributed by atoms with Crippen molar-refractivity contribution in [2.24, 2.45) is 17.8 Å². The molecule has 3 aliphatic heterocycles. The molecule has 2 aromatic heterocycles. The molecule has 0 aromatic carbocycles. The Bertz CT molecular complexity index is 1540. The molecule has 5 heterocycles. The molecule has 0 radical (unpaired) electrons. The van der Waals surface area contributed by atoms with Gasteiger partial charge in [-0.2, -0.15) is 0 Å². The molecular formula is C24H29N11O8S2. The Kier molecular flexibility index (Phi) is 9.72. The van der Waals surface area contributed by atoms with Crippen LogP contribution in [-0.2, 0) is 21.4 Å². The van der Waals surface area contributed by atoms with Gasteiger partial charge in [0.25, 0.3) is 11.8 Å². The number of hydrogen-bond donors (Lipinski definition) is 6. The van der Waals surface area contributed by atoms with Crippen LogP contribution in [0.4, 0.5) is 4.79 Å². The topological polar surface area (TPSA) is 258 Å². The SMILES string of the molecule is Cn1nnnc1SCC1=C(C(=O)O)N2C(=O)C(NC(=O)C(c3ccco3)N(C(N)=O)C3=CN=CN(NCCCO)C3O)[C@@H]2SC1. The third kappa shape index (κ3) is 6.38. The van der Waals surface area contributed by atoms with Crippen LogP contribution in [0.1, 0.15) is 18.2 Å². The fraction of sp³-hybridized carbons (Fsp3) is 0.417. The van der Waals surface area contributed by atoms with E-state index in [0.29, 0.717) is 17.2 Å². The van der Waals surface area contributed by atoms with E-state index < -0.39 is 47.5 Å². The number of β-lactam (4-membered cyclic amide) rings is 1. The Morgan fingerprint density at radius 3 is 2.80 bits per heavy atom. The minimum absolute atomic E-state index is 0.0302. The molecule has 45 heavy (non-hydrogen) atoms. The molecule has 5 rings (SSSR count). The van der Waals surface area contributed by atoms with Gasteiger partial charge in [-0.3, -0.25) is 24.4 Å². The number of fused-ring (bicyclic) bond motifs is 1. The zero-order valence-electron chi connectivity index (χ0n) is 23.6. The fourth-order valence-electron chi connectivity index (χ4n) is 4.80. The first-order chi connectivity index (χ1) is 21.6. The van der Waals surface area contributed by atoms with Gasteiger partial charge in [0.05, 0.1) is 18.2 Å². The number of urea groups is 1. The Morgan fingerprint density at radius 1 is 1.36 bits per heavy atom. The third-order valence-corrected chi connectivity index (χ3v) is 9.33. The number of hydrogen-bond acceptors (Lipinski definition) is 15. The van der Waals surface area contributed by atoms with Gasteiger partial charge in [-0.15, -0.1) is 16.9 Å². The Morgan fingerprint density at radius 2 is 2.16 bits per heavy atom. The van der Waals surface area contributed by atoms with E-state index >= 15 is 0 Å². The maximum absolute atomic E-state index is 13.8. The molecule has 0 saturated carbocycles. The van der Waals surface area contributed by atoms with Crippen molar-refractivity contribution in [2.75, 3.05) is 24.7 Å². The van der Waals surface area contributed by atoms with E-state index in [1.54, 1.807) is 7.05 Å². The lowest BCUT2D eigenvalue weighted by atomic mass is 10.0. The number of aliphatic hydroxyl groups is 2. The number of amides is 4. The minimum Gasteiger partial charge on any atom is -0.477 e. The number of nitrogens with one attached hydrogen (secondary N) is 2. The van der Waals surface area contributed by atoms with Crippen molar-refractivity contribution in [1.29, 1.82) is 0 Å². The van der Waals surface area contributed by atoms with Crippen LogP contribution in [-0.4, -0.2) is 123 Å². The number of thioether (sulfide) groups is 2. The summed E-state index contributed by atoms with van der Waals surface area (Å²) in [5.41, 5.74) is 8.68. The first kappa shape index (κ1) is 32.0. The van der Waals surface area contributed by atoms with Crippen LogP contribution in [0.5, 0.6) is 0 Å². The van der Waals surface area contributed by atoms with Crippen LogP contribution in [0.3, 0.4) is 0 Å². The standard InChI is InChI=1S/C24H29N11O8S2/c1-32-24(29-30-31-32)45-10-12-9-44-21-15(20(39)35(21)16(12)22(40)41)28-18(37)17(14-4-2-7-43-14)34(23(25)42)13-8-26-11-33(19(13)38)27-5-3-6-36/h2,4,7-8,11,15,17,19,21,27,36,38H,3,5-6,9-10H2,1H3,(H2,25,42)(H,28,37)(H,40,41)/t15?,17?,19?,21-/m0/s1. The highest BCUT2D eigenvalue weighted by molar-refractivity contribution is 8.01. The number of aliphatic carboxylic acids is 1. The molecule has 19 nitrogen and oxygen atoms in total. The number of carbonyl (C=O) groups excluding carboxylic acids is 3. The molecule has 0 aliphatic carbocycles. The quantitative estimate of drug-likeness (QED) is 0.0781. The van der Waals surface area contributed by atoms with Gasteiger partial charge in [-0.25, -0.2) is 24.7 Å². The zero-order chi connectivity index (χ0) is 32.2. The number of aromatic nitrogens is 4. The van der Waals surface area contributed by atoms with Crippen molar-refractivity contribution in [1.82, 2.24) is 45.8 Å². The van der Waals surface area contributed by atoms with Crippen LogP contribution >= 0.6 is 23.5 Å². The summed E-state index contributed by atoms with van der Waals surface area (Å²) in [4.78, 5) is 58.2. The average Bonchev–Trinajstić information content (AvgIpc) is 3.69. The number of aliphatic imine (C=N–C) groups is 1. The first-order valence-electron chi connectivity index (χ1n) is 13.4. The van der Waals surface area contributed by atoms with Gasteiger partial charge in [-0.1, -0.05) is 11.8 Å². The highest BCUT2D eigenvalue weighted by Gasteiger charge is 2.55. The molecule has 0 spiro atoms. The van der Waals surface area contributed by atoms with Crippen molar-refractivity contribution in [3.8, 4) is 0 Å². The molecule has 3 aliphatic rings. The van der Waals surface area contributed by atoms with E-state index in [1.165, 1.54) is 57.9 Å². The maximum Gasteiger partial charge on any atom is 0.352 e. The van der Waals surface area contributed by atoms with Gasteiger partial charge < -0.3 is 30.8 Å². The minimum atomic E-state index is -1.58. The molecule has 4 atom stereocenters. The van der Waals surface area contributed by atoms with Crippen LogP contribution in [0.15, 0.2) is 56.1 Å². The first-order valence-corrected chi connectivity index (χ1v) is 15.4. The number of rotatable bonds is 13. The molecule has 1 fully saturated rings. The molecule has 0 bridgehead atoms. The molecule has 1 saturated heterocycles. The van der Waals surface area contributed by atoms with Crippen molar-refractivity contribution in [3.63, 3.8) is 0 Å². The summed E-state index contributed by atoms with van der Waals surface area (Å²) in [5, 5.41) is 44.8. The second kappa shape index (κ2) is 13.7. The monoisotopic (exact) mass is 663 g/mol. The summed E-state index contributed by atoms with van der Waals surface area (Å²) < 4.78 is 6.90. The van der Waals surface area contributed by atoms with Gasteiger partial charge in [0.2, 0.25) is 5.16 Å². The number of hydrazine groups is 1. The molecule has 21 heteroatoms. The molecule has 240 valence electrons. The van der Waals surface area contributed by atoms with E-state index in [-0.39, 0.29) is 41.8 Å². The molecule has 4 amide bonds. The van der Waals surface area contributed by atoms with Crippen molar-refractivity contribution >= 4 is 53.7 Å². The second-order valence-electron chi connectivity index (χ2n) is 9.74. The summed E-state index contributed by atoms with van der Waals surface area (Å²) in [6.07, 6.45) is 2.49. The Hall–Kier alpha value is -4.44. The van der Waals surface area contributed by atoms with E-state index in [0.717, 1.165) is 16.0 Å². The number of carboxylic acids is 1. The number of carboxylic acid groups (broad SMARTS) is 1. The lowest BCUT2D eigenvalue weighted by Gasteiger charge is -2.49. The number of carbonyl (C=O) groups is 4. The number of furan rings is 1. The van der Waals surface area contributed by atoms with E-state index in [4.69, 9.17) is 15.3 Å². The Labute approximate surface area is 263 Å². The van der Waals surface area contributed by atoms with Gasteiger partial charge in [0, 0.05) is 31.7 Å². The van der Waals surface area contributed by atoms with Crippen LogP contribution in [0, 0.1) is 0 Å². The van der Waals surface area contributed by atoms with Crippen molar-refractivity contribution in [3.05, 3.63) is 47.3 Å². The lowest BCUT2D eigenvalue weighted by molar-refractivity contribution is -0.151. The zero-order valence-corrected chi connectivity index (χ0v) is 25.2. The molecule has 2 aromatic rings. The Balaban J connectivity index is 1.36. The third-order valence-electron chi connectivity index (χ3n) is 6.89. The summed E-state index contributed by atoms with van der Waals surface area (Å²) in [5.74, 6) is -2.39. The number of nitrogens with zero attached hydrogens (tertiary/aromatic N) is 8. The number of primary amides is 1. The second-order valence-corrected chi connectivity index (χ2v) is 11.8. The van der Waals surface area contributed by atoms with Crippen LogP contribution < -0.4 is 16.5 Å². The average molecular weight is 664 g/mol. The van der Waals surface area contributed by atoms with Gasteiger partial charge in [-0.05, 0) is 34.6 Å². The van der Waals surface area contributed by atoms with Crippen molar-refractivity contribution < 1.29 is 38.9 Å². The smallest absolute Gasteiger partial charge is 0.352 e. The van der Waals surface area contributed by atoms with Crippen LogP contribution in [0.25, 0.3) is 0 Å². The van der Waals surface area contributed by atoms with Gasteiger partial charge in [0.1, 0.15) is 29.2 Å². The normalized spacial score (nSPS) is 21.6. The summed E-state index contributed by atoms with van der Waals surface area (Å²) in [6.45, 7) is 0.154. The highest BCUT2D eigenvalue weighted by Crippen LogP contribution is 2.42. The predicted molar refractivity (Wildman–Crippen MR) is 156 cm³/mol. The van der Waals surface area contributed by atoms with Crippen molar-refractivity contribution in [2.45, 2.75) is 35.3 Å². The summed E-state index contributed by atoms with van der Waals surface area (Å²) >= 11 is 2.48. The van der Waals surface area contributed by atoms with E-state index in [2.05, 4.69) is 31.3 Å². The molecular weight excluding hydrogens is 634 g/mol. The molecule has 3 unspecified atom stereocenters. The van der Waals surface area contributed by atoms with Crippen LogP contribution in [0.2, 0.25) is 0 Å². The van der Waals surface area contributed by atoms with E-state index in [9.17, 15) is 29.4 Å². The highest BCUT2D eigenvalue weighted by atomic mass is 32.2. The van der Waals surface area contributed by atoms with E-state index in [1.807, 2.05) is 0 Å². The molecule has 7 N–H and O–H groups in total. The number of aryl methyl sites for hydroxylation is 1. The summed E-state index contributed by atoms with van der Waals surface area (Å²) in [6, 6.07) is -0.948. The maximum atomic E-state index is 13.8. The fourth-order valence-corrected chi connectivity index (χ4v) is 7.14. The number of nitrogens with two attached hydrogens (primary N) is 1. The van der Waals surface area contributed by atoms with Gasteiger partial charge >= 0.3 is 12.0 Å². The lowest BCUT2D eigenvalue weighted by Crippen LogP contribution is -2.71. The summed E-state index contributed by atoms with van der Waals surface area (Å²) in [7, 11) is 1.65. The largest absolute Gasteiger partial charge is 0.477 e.